The minimum absolute atomic E-state index is 0.720. The van der Waals surface area contributed by atoms with E-state index < -0.39 is 0 Å². The minimum atomic E-state index is 0.720. The second-order valence-corrected chi connectivity index (χ2v) is 6.15. The van der Waals surface area contributed by atoms with E-state index in [-0.39, 0.29) is 0 Å². The van der Waals surface area contributed by atoms with E-state index in [4.69, 9.17) is 11.6 Å². The van der Waals surface area contributed by atoms with E-state index >= 15 is 0 Å². The highest BCUT2D eigenvalue weighted by molar-refractivity contribution is 6.30. The third kappa shape index (κ3) is 2.66. The zero-order valence-corrected chi connectivity index (χ0v) is 11.1. The maximum Gasteiger partial charge on any atom is 0.0408 e. The average Bonchev–Trinajstić information content (AvgIpc) is 3.05. The van der Waals surface area contributed by atoms with E-state index in [2.05, 4.69) is 30.4 Å². The Morgan fingerprint density at radius 1 is 1.29 bits per heavy atom. The van der Waals surface area contributed by atoms with Crippen LogP contribution in [0.1, 0.15) is 44.1 Å². The molecule has 2 fully saturated rings. The molecule has 0 radical (unpaired) electrons. The largest absolute Gasteiger partial charge is 0.311 e. The monoisotopic (exact) mass is 249 g/mol. The first-order chi connectivity index (χ1) is 8.22. The van der Waals surface area contributed by atoms with Gasteiger partial charge >= 0.3 is 0 Å². The Morgan fingerprint density at radius 2 is 2.06 bits per heavy atom. The topological polar surface area (TPSA) is 12.0 Å². The Hall–Kier alpha value is -0.530. The molecule has 1 aromatic carbocycles. The Bertz CT molecular complexity index is 394. The molecule has 92 valence electrons. The highest BCUT2D eigenvalue weighted by Crippen LogP contribution is 2.39. The van der Waals surface area contributed by atoms with Crippen LogP contribution in [0.5, 0.6) is 0 Å². The number of hydrogen-bond acceptors (Lipinski definition) is 1. The molecule has 2 aliphatic carbocycles. The van der Waals surface area contributed by atoms with Crippen molar-refractivity contribution in [2.24, 2.45) is 5.92 Å². The third-order valence-electron chi connectivity index (χ3n) is 4.29. The van der Waals surface area contributed by atoms with Gasteiger partial charge in [0, 0.05) is 17.1 Å². The summed E-state index contributed by atoms with van der Waals surface area (Å²) in [7, 11) is 0. The fraction of sp³-hybridized carbons (Fsp3) is 0.600. The molecular formula is C15H20ClN. The average molecular weight is 250 g/mol. The SMILES string of the molecule is CC(NC1CC(c2cccc(Cl)c2)C1)C1CC1. The maximum absolute atomic E-state index is 6.02. The van der Waals surface area contributed by atoms with E-state index in [1.54, 1.807) is 0 Å². The van der Waals surface area contributed by atoms with Crippen molar-refractivity contribution in [2.45, 2.75) is 50.6 Å². The molecule has 3 rings (SSSR count). The van der Waals surface area contributed by atoms with E-state index in [9.17, 15) is 0 Å². The number of benzene rings is 1. The van der Waals surface area contributed by atoms with Crippen molar-refractivity contribution in [3.05, 3.63) is 34.9 Å². The van der Waals surface area contributed by atoms with E-state index in [0.29, 0.717) is 0 Å². The molecule has 0 amide bonds. The molecule has 2 aliphatic rings. The van der Waals surface area contributed by atoms with Crippen LogP contribution in [0.2, 0.25) is 5.02 Å². The Balaban J connectivity index is 1.50. The first-order valence-corrected chi connectivity index (χ1v) is 7.11. The quantitative estimate of drug-likeness (QED) is 0.851. The zero-order chi connectivity index (χ0) is 11.8. The van der Waals surface area contributed by atoms with Gasteiger partial charge in [0.2, 0.25) is 0 Å². The fourth-order valence-corrected chi connectivity index (χ4v) is 3.09. The van der Waals surface area contributed by atoms with Gasteiger partial charge in [-0.05, 0) is 62.1 Å². The van der Waals surface area contributed by atoms with Crippen LogP contribution in [0.25, 0.3) is 0 Å². The van der Waals surface area contributed by atoms with Gasteiger partial charge < -0.3 is 5.32 Å². The lowest BCUT2D eigenvalue weighted by atomic mass is 9.75. The first-order valence-electron chi connectivity index (χ1n) is 6.74. The molecule has 1 atom stereocenters. The van der Waals surface area contributed by atoms with Gasteiger partial charge in [0.25, 0.3) is 0 Å². The fourth-order valence-electron chi connectivity index (χ4n) is 2.89. The molecule has 0 bridgehead atoms. The van der Waals surface area contributed by atoms with Crippen molar-refractivity contribution >= 4 is 11.6 Å². The first kappa shape index (κ1) is 11.6. The highest BCUT2D eigenvalue weighted by Gasteiger charge is 2.34. The highest BCUT2D eigenvalue weighted by atomic mass is 35.5. The van der Waals surface area contributed by atoms with E-state index in [1.165, 1.54) is 31.2 Å². The molecule has 0 saturated heterocycles. The summed E-state index contributed by atoms with van der Waals surface area (Å²) in [5, 5.41) is 4.63. The summed E-state index contributed by atoms with van der Waals surface area (Å²) in [5.74, 6) is 1.68. The van der Waals surface area contributed by atoms with Crippen LogP contribution < -0.4 is 5.32 Å². The summed E-state index contributed by atoms with van der Waals surface area (Å²) in [4.78, 5) is 0. The smallest absolute Gasteiger partial charge is 0.0408 e. The summed E-state index contributed by atoms with van der Waals surface area (Å²) >= 11 is 6.02. The van der Waals surface area contributed by atoms with Gasteiger partial charge in [0.1, 0.15) is 0 Å². The van der Waals surface area contributed by atoms with Gasteiger partial charge in [-0.15, -0.1) is 0 Å². The molecule has 0 aromatic heterocycles. The van der Waals surface area contributed by atoms with Crippen molar-refractivity contribution in [1.82, 2.24) is 5.32 Å². The van der Waals surface area contributed by atoms with Crippen LogP contribution in [0.15, 0.2) is 24.3 Å². The summed E-state index contributed by atoms with van der Waals surface area (Å²) in [6.45, 7) is 2.34. The third-order valence-corrected chi connectivity index (χ3v) is 4.52. The van der Waals surface area contributed by atoms with Gasteiger partial charge in [-0.25, -0.2) is 0 Å². The van der Waals surface area contributed by atoms with Crippen LogP contribution in [-0.4, -0.2) is 12.1 Å². The lowest BCUT2D eigenvalue weighted by Gasteiger charge is -2.38. The number of nitrogens with one attached hydrogen (secondary N) is 1. The second-order valence-electron chi connectivity index (χ2n) is 5.71. The van der Waals surface area contributed by atoms with Gasteiger partial charge in [-0.3, -0.25) is 0 Å². The van der Waals surface area contributed by atoms with Gasteiger partial charge in [0.15, 0.2) is 0 Å². The summed E-state index contributed by atoms with van der Waals surface area (Å²) < 4.78 is 0. The molecule has 17 heavy (non-hydrogen) atoms. The molecule has 1 unspecified atom stereocenters. The van der Waals surface area contributed by atoms with Crippen LogP contribution in [0.4, 0.5) is 0 Å². The lowest BCUT2D eigenvalue weighted by molar-refractivity contribution is 0.261. The van der Waals surface area contributed by atoms with Gasteiger partial charge in [-0.2, -0.15) is 0 Å². The summed E-state index contributed by atoms with van der Waals surface area (Å²) in [5.41, 5.74) is 1.41. The number of halogens is 1. The molecule has 0 spiro atoms. The Morgan fingerprint density at radius 3 is 2.71 bits per heavy atom. The van der Waals surface area contributed by atoms with E-state index in [0.717, 1.165) is 28.9 Å². The molecule has 2 saturated carbocycles. The van der Waals surface area contributed by atoms with Gasteiger partial charge in [-0.1, -0.05) is 23.7 Å². The summed E-state index contributed by atoms with van der Waals surface area (Å²) in [6, 6.07) is 9.79. The molecule has 0 aliphatic heterocycles. The number of hydrogen-bond donors (Lipinski definition) is 1. The van der Waals surface area contributed by atoms with Crippen LogP contribution in [0.3, 0.4) is 0 Å². The predicted molar refractivity (Wildman–Crippen MR) is 72.5 cm³/mol. The minimum Gasteiger partial charge on any atom is -0.311 e. The van der Waals surface area contributed by atoms with E-state index in [1.807, 2.05) is 6.07 Å². The Labute approximate surface area is 109 Å². The molecular weight excluding hydrogens is 230 g/mol. The van der Waals surface area contributed by atoms with Crippen LogP contribution >= 0.6 is 11.6 Å². The normalized spacial score (nSPS) is 29.8. The van der Waals surface area contributed by atoms with Crippen molar-refractivity contribution < 1.29 is 0 Å². The van der Waals surface area contributed by atoms with Gasteiger partial charge in [0.05, 0.1) is 0 Å². The molecule has 0 heterocycles. The Kier molecular flexibility index (Phi) is 3.14. The molecule has 1 N–H and O–H groups in total. The molecule has 2 heteroatoms. The van der Waals surface area contributed by atoms with Crippen molar-refractivity contribution in [3.8, 4) is 0 Å². The van der Waals surface area contributed by atoms with Crippen molar-refractivity contribution in [1.29, 1.82) is 0 Å². The zero-order valence-electron chi connectivity index (χ0n) is 10.3. The maximum atomic E-state index is 6.02. The van der Waals surface area contributed by atoms with Crippen molar-refractivity contribution in [2.75, 3.05) is 0 Å². The summed E-state index contributed by atoms with van der Waals surface area (Å²) in [6.07, 6.45) is 5.41. The lowest BCUT2D eigenvalue weighted by Crippen LogP contribution is -2.45. The second kappa shape index (κ2) is 4.62. The predicted octanol–water partition coefficient (Wildman–Crippen LogP) is 3.97. The number of rotatable bonds is 4. The standard InChI is InChI=1S/C15H20ClN/c1-10(11-5-6-11)17-15-8-13(9-15)12-3-2-4-14(16)7-12/h2-4,7,10-11,13,15,17H,5-6,8-9H2,1H3. The van der Waals surface area contributed by atoms with Crippen LogP contribution in [0, 0.1) is 5.92 Å². The van der Waals surface area contributed by atoms with Crippen LogP contribution in [-0.2, 0) is 0 Å². The molecule has 1 aromatic rings. The van der Waals surface area contributed by atoms with Crippen molar-refractivity contribution in [3.63, 3.8) is 0 Å². The molecule has 1 nitrogen and oxygen atoms in total.